The second-order valence-electron chi connectivity index (χ2n) is 20.3. The third-order valence-electron chi connectivity index (χ3n) is 12.2. The van der Waals surface area contributed by atoms with E-state index in [0.717, 1.165) is 83.5 Å². The minimum Gasteiger partial charge on any atom is -0.756 e. The molecule has 2 unspecified atom stereocenters. The number of quaternary nitrogens is 1. The smallest absolute Gasteiger partial charge is 0.306 e. The highest BCUT2D eigenvalue weighted by molar-refractivity contribution is 7.45. The molecule has 0 amide bonds. The average Bonchev–Trinajstić information content (AvgIpc) is 3.32. The van der Waals surface area contributed by atoms with E-state index in [1.807, 2.05) is 21.1 Å². The largest absolute Gasteiger partial charge is 0.756 e. The molecule has 70 heavy (non-hydrogen) atoms. The molecule has 0 fully saturated rings. The van der Waals surface area contributed by atoms with Gasteiger partial charge in [-0.3, -0.25) is 14.2 Å². The van der Waals surface area contributed by atoms with Crippen molar-refractivity contribution in [1.82, 2.24) is 0 Å². The Morgan fingerprint density at radius 2 is 0.814 bits per heavy atom. The maximum Gasteiger partial charge on any atom is 0.306 e. The summed E-state index contributed by atoms with van der Waals surface area (Å²) in [6.07, 6.45) is 67.5. The first-order chi connectivity index (χ1) is 34.0. The molecule has 9 nitrogen and oxygen atoms in total. The maximum atomic E-state index is 12.7. The van der Waals surface area contributed by atoms with Crippen molar-refractivity contribution < 1.29 is 42.1 Å². The van der Waals surface area contributed by atoms with Crippen molar-refractivity contribution in [2.75, 3.05) is 47.5 Å². The highest BCUT2D eigenvalue weighted by atomic mass is 31.2. The summed E-state index contributed by atoms with van der Waals surface area (Å²) in [5.74, 6) is -0.841. The summed E-state index contributed by atoms with van der Waals surface area (Å²) < 4.78 is 33.8. The number of esters is 2. The van der Waals surface area contributed by atoms with Crippen LogP contribution in [0.1, 0.15) is 245 Å². The van der Waals surface area contributed by atoms with E-state index in [4.69, 9.17) is 18.5 Å². The molecule has 0 saturated heterocycles. The van der Waals surface area contributed by atoms with Crippen LogP contribution in [0.3, 0.4) is 0 Å². The van der Waals surface area contributed by atoms with Gasteiger partial charge in [0.05, 0.1) is 27.7 Å². The Kier molecular flexibility index (Phi) is 49.5. The lowest BCUT2D eigenvalue weighted by Gasteiger charge is -2.28. The minimum absolute atomic E-state index is 0.0300. The zero-order valence-corrected chi connectivity index (χ0v) is 46.8. The fourth-order valence-electron chi connectivity index (χ4n) is 7.84. The first-order valence-corrected chi connectivity index (χ1v) is 30.1. The molecule has 0 aliphatic carbocycles. The fraction of sp³-hybridized carbons (Fsp3) is 0.767. The van der Waals surface area contributed by atoms with E-state index in [9.17, 15) is 19.0 Å². The SMILES string of the molecule is CC/C=C\C/C=C\C/C=C\C/C=C\C/C=C\C/C=C\CCCCCCCCCCCCCCCCCCCCCCCCC(=O)OC(COC(=O)CCCCCCC)COP(=O)([O-])OCC[N+](C)(C)C. The van der Waals surface area contributed by atoms with E-state index >= 15 is 0 Å². The number of likely N-dealkylation sites (N-methyl/N-ethyl adjacent to an activating group) is 1. The van der Waals surface area contributed by atoms with E-state index in [1.54, 1.807) is 0 Å². The number of unbranched alkanes of at least 4 members (excludes halogenated alkanes) is 26. The van der Waals surface area contributed by atoms with Gasteiger partial charge in [-0.25, -0.2) is 0 Å². The number of hydrogen-bond acceptors (Lipinski definition) is 8. The van der Waals surface area contributed by atoms with Gasteiger partial charge in [0, 0.05) is 12.8 Å². The van der Waals surface area contributed by atoms with Crippen molar-refractivity contribution in [2.24, 2.45) is 0 Å². The topological polar surface area (TPSA) is 111 Å². The lowest BCUT2D eigenvalue weighted by molar-refractivity contribution is -0.870. The molecule has 0 heterocycles. The standard InChI is InChI=1S/C60H108NO8P/c1-6-8-10-12-13-14-15-16-17-18-19-20-21-22-23-24-25-26-27-28-29-30-31-32-33-34-35-36-37-38-39-40-41-42-43-44-45-46-47-49-51-53-60(63)69-58(56-66-59(62)52-50-48-11-9-7-2)57-68-70(64,65)67-55-54-61(3,4)5/h8,10,13-14,16-17,19-20,22-23,25-26,58H,6-7,9,11-12,15,18,21,24,27-57H2,1-5H3/b10-8-,14-13-,17-16-,20-19-,23-22-,26-25-. The highest BCUT2D eigenvalue weighted by Crippen LogP contribution is 2.38. The van der Waals surface area contributed by atoms with Crippen LogP contribution in [-0.2, 0) is 32.7 Å². The second-order valence-corrected chi connectivity index (χ2v) is 21.7. The number of nitrogens with zero attached hydrogens (tertiary/aromatic N) is 1. The summed E-state index contributed by atoms with van der Waals surface area (Å²) >= 11 is 0. The number of rotatable bonds is 52. The number of phosphoric acid groups is 1. The van der Waals surface area contributed by atoms with Crippen molar-refractivity contribution >= 4 is 19.8 Å². The number of carbonyl (C=O) groups is 2. The average molecular weight is 1000 g/mol. The van der Waals surface area contributed by atoms with Crippen molar-refractivity contribution in [3.05, 3.63) is 72.9 Å². The lowest BCUT2D eigenvalue weighted by Crippen LogP contribution is -2.37. The Morgan fingerprint density at radius 3 is 1.21 bits per heavy atom. The zero-order valence-electron chi connectivity index (χ0n) is 46.0. The van der Waals surface area contributed by atoms with E-state index in [2.05, 4.69) is 86.8 Å². The van der Waals surface area contributed by atoms with Crippen molar-refractivity contribution in [2.45, 2.75) is 251 Å². The molecule has 0 saturated carbocycles. The first kappa shape index (κ1) is 67.5. The van der Waals surface area contributed by atoms with Crippen molar-refractivity contribution in [1.29, 1.82) is 0 Å². The Balaban J connectivity index is 3.75. The molecule has 0 spiro atoms. The van der Waals surface area contributed by atoms with Crippen LogP contribution in [0.15, 0.2) is 72.9 Å². The van der Waals surface area contributed by atoms with Crippen LogP contribution in [0.4, 0.5) is 0 Å². The van der Waals surface area contributed by atoms with Gasteiger partial charge in [0.25, 0.3) is 7.82 Å². The van der Waals surface area contributed by atoms with Gasteiger partial charge in [0.1, 0.15) is 19.8 Å². The Bertz CT molecular complexity index is 1410. The molecule has 0 N–H and O–H groups in total. The molecule has 0 bridgehead atoms. The summed E-state index contributed by atoms with van der Waals surface area (Å²) in [5, 5.41) is 0. The normalized spacial score (nSPS) is 13.9. The van der Waals surface area contributed by atoms with Gasteiger partial charge in [-0.15, -0.1) is 0 Å². The molecule has 0 aliphatic rings. The van der Waals surface area contributed by atoms with E-state index in [0.29, 0.717) is 17.4 Å². The lowest BCUT2D eigenvalue weighted by atomic mass is 10.0. The summed E-state index contributed by atoms with van der Waals surface area (Å²) in [5.41, 5.74) is 0. The molecule has 0 rings (SSSR count). The summed E-state index contributed by atoms with van der Waals surface area (Å²) in [4.78, 5) is 37.3. The second kappa shape index (κ2) is 51.4. The minimum atomic E-state index is -4.62. The predicted molar refractivity (Wildman–Crippen MR) is 296 cm³/mol. The third kappa shape index (κ3) is 54.8. The third-order valence-corrected chi connectivity index (χ3v) is 13.2. The summed E-state index contributed by atoms with van der Waals surface area (Å²) in [6.45, 7) is 4.03. The number of phosphoric ester groups is 1. The van der Waals surface area contributed by atoms with Crippen LogP contribution in [-0.4, -0.2) is 70.0 Å². The Labute approximate surface area is 431 Å². The van der Waals surface area contributed by atoms with Gasteiger partial charge < -0.3 is 27.9 Å². The van der Waals surface area contributed by atoms with Crippen molar-refractivity contribution in [3.63, 3.8) is 0 Å². The van der Waals surface area contributed by atoms with Crippen molar-refractivity contribution in [3.8, 4) is 0 Å². The van der Waals surface area contributed by atoms with Gasteiger partial charge in [0.15, 0.2) is 6.10 Å². The Morgan fingerprint density at radius 1 is 0.457 bits per heavy atom. The van der Waals surface area contributed by atoms with E-state index in [1.165, 1.54) is 128 Å². The highest BCUT2D eigenvalue weighted by Gasteiger charge is 2.21. The number of hydrogen-bond donors (Lipinski definition) is 0. The van der Waals surface area contributed by atoms with Gasteiger partial charge in [-0.05, 0) is 64.2 Å². The summed E-state index contributed by atoms with van der Waals surface area (Å²) in [7, 11) is 1.17. The van der Waals surface area contributed by atoms with E-state index in [-0.39, 0.29) is 26.1 Å². The van der Waals surface area contributed by atoms with Crippen LogP contribution >= 0.6 is 7.82 Å². The van der Waals surface area contributed by atoms with Crippen LogP contribution in [0.2, 0.25) is 0 Å². The Hall–Kier alpha value is -2.55. The number of ether oxygens (including phenoxy) is 2. The molecule has 10 heteroatoms. The van der Waals surface area contributed by atoms with Crippen LogP contribution < -0.4 is 4.89 Å². The van der Waals surface area contributed by atoms with E-state index < -0.39 is 32.5 Å². The van der Waals surface area contributed by atoms with Gasteiger partial charge in [-0.1, -0.05) is 241 Å². The van der Waals surface area contributed by atoms with Crippen LogP contribution in [0.5, 0.6) is 0 Å². The zero-order chi connectivity index (χ0) is 51.3. The monoisotopic (exact) mass is 1000 g/mol. The molecule has 0 aromatic rings. The molecule has 0 aromatic heterocycles. The van der Waals surface area contributed by atoms with Gasteiger partial charge in [-0.2, -0.15) is 0 Å². The molecular formula is C60H108NO8P. The number of allylic oxidation sites excluding steroid dienone is 12. The van der Waals surface area contributed by atoms with Gasteiger partial charge >= 0.3 is 11.9 Å². The molecule has 2 atom stereocenters. The molecular weight excluding hydrogens is 894 g/mol. The first-order valence-electron chi connectivity index (χ1n) is 28.6. The molecule has 406 valence electrons. The maximum absolute atomic E-state index is 12.7. The predicted octanol–water partition coefficient (Wildman–Crippen LogP) is 17.1. The quantitative estimate of drug-likeness (QED) is 0.0195. The fourth-order valence-corrected chi connectivity index (χ4v) is 8.57. The molecule has 0 aliphatic heterocycles. The molecule has 0 radical (unpaired) electrons. The summed E-state index contributed by atoms with van der Waals surface area (Å²) in [6, 6.07) is 0. The van der Waals surface area contributed by atoms with Crippen LogP contribution in [0, 0.1) is 0 Å². The number of carbonyl (C=O) groups excluding carboxylic acids is 2. The molecule has 0 aromatic carbocycles. The van der Waals surface area contributed by atoms with Gasteiger partial charge in [0.2, 0.25) is 0 Å². The van der Waals surface area contributed by atoms with Crippen LogP contribution in [0.25, 0.3) is 0 Å².